The Bertz CT molecular complexity index is 385. The van der Waals surface area contributed by atoms with Crippen LogP contribution in [0.25, 0.3) is 0 Å². The van der Waals surface area contributed by atoms with Crippen molar-refractivity contribution in [3.8, 4) is 0 Å². The quantitative estimate of drug-likeness (QED) is 0.376. The smallest absolute Gasteiger partial charge is 0.145 e. The molecule has 0 heterocycles. The number of nitrogens with one attached hydrogen (secondary N) is 1. The van der Waals surface area contributed by atoms with Crippen molar-refractivity contribution in [1.29, 1.82) is 0 Å². The van der Waals surface area contributed by atoms with Gasteiger partial charge in [-0.3, -0.25) is 11.3 Å². The molecule has 1 unspecified atom stereocenters. The van der Waals surface area contributed by atoms with E-state index in [1.54, 1.807) is 18.2 Å². The molecule has 1 aromatic rings. The van der Waals surface area contributed by atoms with E-state index in [9.17, 15) is 4.39 Å². The molecule has 4 heteroatoms. The van der Waals surface area contributed by atoms with Crippen LogP contribution in [-0.4, -0.2) is 6.04 Å². The first-order valence-electron chi connectivity index (χ1n) is 7.58. The summed E-state index contributed by atoms with van der Waals surface area (Å²) in [6, 6.07) is 5.22. The summed E-state index contributed by atoms with van der Waals surface area (Å²) in [5, 5.41) is 0.179. The van der Waals surface area contributed by atoms with Gasteiger partial charge in [0.1, 0.15) is 5.82 Å². The van der Waals surface area contributed by atoms with E-state index in [0.717, 1.165) is 12.8 Å². The van der Waals surface area contributed by atoms with E-state index in [4.69, 9.17) is 17.4 Å². The average Bonchev–Trinajstić information content (AvgIpc) is 2.46. The molecule has 1 atom stereocenters. The number of benzene rings is 1. The van der Waals surface area contributed by atoms with Crippen LogP contribution in [0.5, 0.6) is 0 Å². The third kappa shape index (κ3) is 6.21. The number of hydrogen-bond donors (Lipinski definition) is 2. The van der Waals surface area contributed by atoms with E-state index in [1.165, 1.54) is 32.1 Å². The van der Waals surface area contributed by atoms with Crippen LogP contribution in [0.15, 0.2) is 18.2 Å². The van der Waals surface area contributed by atoms with Gasteiger partial charge in [-0.1, -0.05) is 69.2 Å². The van der Waals surface area contributed by atoms with Crippen molar-refractivity contribution in [3.05, 3.63) is 34.6 Å². The standard InChI is InChI=1S/C16H26ClFN2/c1-2-3-4-5-6-7-10-14(20-19)12-13-9-8-11-15(17)16(13)18/h8-9,11,14,20H,2-7,10,12,19H2,1H3. The summed E-state index contributed by atoms with van der Waals surface area (Å²) in [5.41, 5.74) is 3.42. The van der Waals surface area contributed by atoms with Crippen molar-refractivity contribution in [2.24, 2.45) is 5.84 Å². The highest BCUT2D eigenvalue weighted by molar-refractivity contribution is 6.30. The van der Waals surface area contributed by atoms with Crippen LogP contribution >= 0.6 is 11.6 Å². The van der Waals surface area contributed by atoms with Gasteiger partial charge in [0.05, 0.1) is 5.02 Å². The Morgan fingerprint density at radius 3 is 2.60 bits per heavy atom. The molecule has 0 aliphatic carbocycles. The van der Waals surface area contributed by atoms with Crippen LogP contribution in [0.1, 0.15) is 57.4 Å². The van der Waals surface area contributed by atoms with E-state index in [-0.39, 0.29) is 16.9 Å². The van der Waals surface area contributed by atoms with E-state index in [0.29, 0.717) is 12.0 Å². The minimum atomic E-state index is -0.322. The van der Waals surface area contributed by atoms with Crippen LogP contribution in [0.2, 0.25) is 5.02 Å². The maximum absolute atomic E-state index is 13.8. The second kappa shape index (κ2) is 10.1. The first-order chi connectivity index (χ1) is 9.69. The molecule has 0 spiro atoms. The van der Waals surface area contributed by atoms with Gasteiger partial charge < -0.3 is 0 Å². The molecule has 0 fully saturated rings. The summed E-state index contributed by atoms with van der Waals surface area (Å²) in [7, 11) is 0. The highest BCUT2D eigenvalue weighted by Crippen LogP contribution is 2.20. The first kappa shape index (κ1) is 17.4. The summed E-state index contributed by atoms with van der Waals surface area (Å²) < 4.78 is 13.8. The van der Waals surface area contributed by atoms with Crippen molar-refractivity contribution >= 4 is 11.6 Å². The largest absolute Gasteiger partial charge is 0.271 e. The van der Waals surface area contributed by atoms with Crippen molar-refractivity contribution in [3.63, 3.8) is 0 Å². The molecule has 20 heavy (non-hydrogen) atoms. The monoisotopic (exact) mass is 300 g/mol. The van der Waals surface area contributed by atoms with Crippen LogP contribution in [0, 0.1) is 5.82 Å². The molecule has 0 aromatic heterocycles. The maximum atomic E-state index is 13.8. The van der Waals surface area contributed by atoms with Gasteiger partial charge >= 0.3 is 0 Å². The highest BCUT2D eigenvalue weighted by Gasteiger charge is 2.12. The first-order valence-corrected chi connectivity index (χ1v) is 7.95. The van der Waals surface area contributed by atoms with Crippen molar-refractivity contribution < 1.29 is 4.39 Å². The lowest BCUT2D eigenvalue weighted by Crippen LogP contribution is -2.36. The predicted molar refractivity (Wildman–Crippen MR) is 84.2 cm³/mol. The molecule has 0 aliphatic heterocycles. The van der Waals surface area contributed by atoms with E-state index in [1.807, 2.05) is 0 Å². The lowest BCUT2D eigenvalue weighted by atomic mass is 10.00. The fraction of sp³-hybridized carbons (Fsp3) is 0.625. The zero-order chi connectivity index (χ0) is 14.8. The van der Waals surface area contributed by atoms with Gasteiger partial charge in [-0.05, 0) is 24.5 Å². The lowest BCUT2D eigenvalue weighted by molar-refractivity contribution is 0.452. The number of unbranched alkanes of at least 4 members (excludes halogenated alkanes) is 5. The predicted octanol–water partition coefficient (Wildman–Crippen LogP) is 4.60. The van der Waals surface area contributed by atoms with Gasteiger partial charge in [-0.15, -0.1) is 0 Å². The minimum Gasteiger partial charge on any atom is -0.271 e. The molecular weight excluding hydrogens is 275 g/mol. The van der Waals surface area contributed by atoms with Crippen molar-refractivity contribution in [2.45, 2.75) is 64.3 Å². The minimum absolute atomic E-state index is 0.106. The molecule has 0 bridgehead atoms. The van der Waals surface area contributed by atoms with Crippen molar-refractivity contribution in [1.82, 2.24) is 5.43 Å². The Morgan fingerprint density at radius 2 is 1.90 bits per heavy atom. The second-order valence-corrected chi connectivity index (χ2v) is 5.74. The summed E-state index contributed by atoms with van der Waals surface area (Å²) in [5.74, 6) is 5.24. The van der Waals surface area contributed by atoms with Crippen LogP contribution in [0.4, 0.5) is 4.39 Å². The van der Waals surface area contributed by atoms with Crippen LogP contribution < -0.4 is 11.3 Å². The molecular formula is C16H26ClFN2. The summed E-state index contributed by atoms with van der Waals surface area (Å²) in [6.45, 7) is 2.22. The van der Waals surface area contributed by atoms with Crippen molar-refractivity contribution in [2.75, 3.05) is 0 Å². The molecule has 0 amide bonds. The maximum Gasteiger partial charge on any atom is 0.145 e. The summed E-state index contributed by atoms with van der Waals surface area (Å²) in [4.78, 5) is 0. The summed E-state index contributed by atoms with van der Waals surface area (Å²) >= 11 is 5.79. The molecule has 0 saturated carbocycles. The molecule has 1 aromatic carbocycles. The number of hydrogen-bond acceptors (Lipinski definition) is 2. The van der Waals surface area contributed by atoms with Gasteiger partial charge in [-0.2, -0.15) is 0 Å². The fourth-order valence-electron chi connectivity index (χ4n) is 2.39. The SMILES string of the molecule is CCCCCCCCC(Cc1cccc(Cl)c1F)NN. The Labute approximate surface area is 126 Å². The Hall–Kier alpha value is -0.640. The normalized spacial score (nSPS) is 12.6. The second-order valence-electron chi connectivity index (χ2n) is 5.34. The van der Waals surface area contributed by atoms with Gasteiger partial charge in [0, 0.05) is 6.04 Å². The number of nitrogens with two attached hydrogens (primary N) is 1. The van der Waals surface area contributed by atoms with Gasteiger partial charge in [-0.25, -0.2) is 4.39 Å². The van der Waals surface area contributed by atoms with Gasteiger partial charge in [0.2, 0.25) is 0 Å². The molecule has 0 saturated heterocycles. The average molecular weight is 301 g/mol. The molecule has 0 aliphatic rings. The third-order valence-corrected chi connectivity index (χ3v) is 3.93. The number of rotatable bonds is 10. The van der Waals surface area contributed by atoms with Crippen LogP contribution in [-0.2, 0) is 6.42 Å². The Balaban J connectivity index is 2.34. The summed E-state index contributed by atoms with van der Waals surface area (Å²) in [6.07, 6.45) is 9.05. The molecule has 0 radical (unpaired) electrons. The Morgan fingerprint density at radius 1 is 1.20 bits per heavy atom. The number of hydrazine groups is 1. The zero-order valence-electron chi connectivity index (χ0n) is 12.3. The van der Waals surface area contributed by atoms with E-state index >= 15 is 0 Å². The zero-order valence-corrected chi connectivity index (χ0v) is 13.1. The molecule has 1 rings (SSSR count). The molecule has 114 valence electrons. The number of halogens is 2. The van der Waals surface area contributed by atoms with E-state index < -0.39 is 0 Å². The van der Waals surface area contributed by atoms with Crippen LogP contribution in [0.3, 0.4) is 0 Å². The topological polar surface area (TPSA) is 38.0 Å². The molecule has 2 nitrogen and oxygen atoms in total. The Kier molecular flexibility index (Phi) is 8.83. The van der Waals surface area contributed by atoms with Gasteiger partial charge in [0.25, 0.3) is 0 Å². The van der Waals surface area contributed by atoms with Gasteiger partial charge in [0.15, 0.2) is 0 Å². The fourth-order valence-corrected chi connectivity index (χ4v) is 2.58. The molecule has 3 N–H and O–H groups in total. The van der Waals surface area contributed by atoms with E-state index in [2.05, 4.69) is 12.3 Å². The lowest BCUT2D eigenvalue weighted by Gasteiger charge is -2.16. The highest BCUT2D eigenvalue weighted by atomic mass is 35.5. The third-order valence-electron chi connectivity index (χ3n) is 3.64.